The molecule has 0 aliphatic rings. The van der Waals surface area contributed by atoms with Crippen LogP contribution in [0.2, 0.25) is 0 Å². The number of methoxy groups -OCH3 is 1. The Hall–Kier alpha value is -0.120. The van der Waals surface area contributed by atoms with Crippen LogP contribution in [0.5, 0.6) is 0 Å². The fourth-order valence-corrected chi connectivity index (χ4v) is 0.204. The summed E-state index contributed by atoms with van der Waals surface area (Å²) in [4.78, 5) is 4.27. The van der Waals surface area contributed by atoms with Crippen molar-refractivity contribution >= 4 is 0 Å². The summed E-state index contributed by atoms with van der Waals surface area (Å²) in [6.07, 6.45) is 0.102. The second-order valence-corrected chi connectivity index (χ2v) is 1.38. The summed E-state index contributed by atoms with van der Waals surface area (Å²) in [5, 5.41) is 0. The van der Waals surface area contributed by atoms with Crippen LogP contribution in [0.15, 0.2) is 0 Å². The predicted octanol–water partition coefficient (Wildman–Crippen LogP) is -0.0884. The second-order valence-electron chi connectivity index (χ2n) is 1.38. The molecule has 0 saturated heterocycles. The Bertz CT molecular complexity index is 40.7. The third-order valence-electron chi connectivity index (χ3n) is 0.733. The van der Waals surface area contributed by atoms with E-state index in [1.54, 1.807) is 7.11 Å². The molecule has 3 heteroatoms. The summed E-state index contributed by atoms with van der Waals surface area (Å²) in [6.45, 7) is 2.34. The van der Waals surface area contributed by atoms with Crippen molar-refractivity contribution in [3.63, 3.8) is 0 Å². The maximum Gasteiger partial charge on any atom is 0.0938 e. The van der Waals surface area contributed by atoms with E-state index in [1.807, 2.05) is 6.92 Å². The van der Waals surface area contributed by atoms with Crippen LogP contribution in [0, 0.1) is 0 Å². The van der Waals surface area contributed by atoms with Gasteiger partial charge in [-0.15, -0.1) is 0 Å². The van der Waals surface area contributed by atoms with E-state index in [4.69, 9.17) is 10.6 Å². The highest BCUT2D eigenvalue weighted by Gasteiger charge is 1.94. The van der Waals surface area contributed by atoms with Crippen LogP contribution in [-0.4, -0.2) is 19.8 Å². The van der Waals surface area contributed by atoms with Crippen molar-refractivity contribution in [2.75, 3.05) is 13.7 Å². The van der Waals surface area contributed by atoms with Gasteiger partial charge in [0.1, 0.15) is 0 Å². The van der Waals surface area contributed by atoms with Gasteiger partial charge in [-0.25, -0.2) is 5.90 Å². The van der Waals surface area contributed by atoms with Crippen molar-refractivity contribution in [3.05, 3.63) is 0 Å². The molecular weight excluding hydrogens is 94.0 g/mol. The third-order valence-corrected chi connectivity index (χ3v) is 0.733. The van der Waals surface area contributed by atoms with E-state index in [9.17, 15) is 0 Å². The first kappa shape index (κ1) is 6.88. The first-order valence-electron chi connectivity index (χ1n) is 2.15. The van der Waals surface area contributed by atoms with Crippen LogP contribution in [-0.2, 0) is 9.57 Å². The van der Waals surface area contributed by atoms with Gasteiger partial charge in [-0.3, -0.25) is 0 Å². The zero-order valence-corrected chi connectivity index (χ0v) is 4.68. The van der Waals surface area contributed by atoms with Crippen LogP contribution in [0.4, 0.5) is 0 Å². The number of ether oxygens (including phenoxy) is 1. The zero-order chi connectivity index (χ0) is 5.70. The summed E-state index contributed by atoms with van der Waals surface area (Å²) >= 11 is 0. The monoisotopic (exact) mass is 105 g/mol. The molecule has 7 heavy (non-hydrogen) atoms. The van der Waals surface area contributed by atoms with Gasteiger partial charge in [-0.2, -0.15) is 0 Å². The molecule has 2 N–H and O–H groups in total. The Balaban J connectivity index is 2.83. The Morgan fingerprint density at radius 1 is 1.71 bits per heavy atom. The van der Waals surface area contributed by atoms with Gasteiger partial charge < -0.3 is 9.57 Å². The number of hydrogen-bond acceptors (Lipinski definition) is 3. The highest BCUT2D eigenvalue weighted by Crippen LogP contribution is 1.83. The first-order valence-corrected chi connectivity index (χ1v) is 2.15. The minimum absolute atomic E-state index is 0.102. The number of nitrogens with two attached hydrogens (primary N) is 1. The van der Waals surface area contributed by atoms with Crippen molar-refractivity contribution in [2.45, 2.75) is 13.0 Å². The third kappa shape index (κ3) is 3.72. The van der Waals surface area contributed by atoms with Gasteiger partial charge in [-0.05, 0) is 6.92 Å². The van der Waals surface area contributed by atoms with Crippen LogP contribution in [0.3, 0.4) is 0 Å². The second kappa shape index (κ2) is 4.05. The lowest BCUT2D eigenvalue weighted by molar-refractivity contribution is 0.0182. The molecule has 0 rings (SSSR count). The Labute approximate surface area is 43.4 Å². The summed E-state index contributed by atoms with van der Waals surface area (Å²) in [5.74, 6) is 4.72. The molecule has 1 unspecified atom stereocenters. The van der Waals surface area contributed by atoms with Crippen LogP contribution in [0.25, 0.3) is 0 Å². The molecule has 1 atom stereocenters. The fraction of sp³-hybridized carbons (Fsp3) is 1.00. The Morgan fingerprint density at radius 3 is 2.43 bits per heavy atom. The first-order chi connectivity index (χ1) is 3.31. The van der Waals surface area contributed by atoms with Gasteiger partial charge in [-0.1, -0.05) is 0 Å². The molecule has 0 radical (unpaired) electrons. The largest absolute Gasteiger partial charge is 0.379 e. The lowest BCUT2D eigenvalue weighted by Gasteiger charge is -2.04. The van der Waals surface area contributed by atoms with E-state index in [2.05, 4.69) is 4.84 Å². The molecule has 0 bridgehead atoms. The lowest BCUT2D eigenvalue weighted by Crippen LogP contribution is -2.16. The van der Waals surface area contributed by atoms with E-state index in [0.717, 1.165) is 0 Å². The quantitative estimate of drug-likeness (QED) is 0.510. The van der Waals surface area contributed by atoms with Crippen molar-refractivity contribution in [1.82, 2.24) is 0 Å². The van der Waals surface area contributed by atoms with Crippen molar-refractivity contribution in [3.8, 4) is 0 Å². The minimum atomic E-state index is 0.102. The van der Waals surface area contributed by atoms with E-state index in [1.165, 1.54) is 0 Å². The predicted molar refractivity (Wildman–Crippen MR) is 26.6 cm³/mol. The standard InChI is InChI=1S/C4H11NO2/c1-4(6-2)3-7-5/h4H,3,5H2,1-2H3. The molecule has 0 aliphatic heterocycles. The van der Waals surface area contributed by atoms with Crippen LogP contribution >= 0.6 is 0 Å². The van der Waals surface area contributed by atoms with Gasteiger partial charge >= 0.3 is 0 Å². The van der Waals surface area contributed by atoms with E-state index in [0.29, 0.717) is 6.61 Å². The highest BCUT2D eigenvalue weighted by molar-refractivity contribution is 4.40. The van der Waals surface area contributed by atoms with E-state index >= 15 is 0 Å². The topological polar surface area (TPSA) is 44.5 Å². The molecule has 0 aromatic carbocycles. The van der Waals surface area contributed by atoms with Gasteiger partial charge in [0.2, 0.25) is 0 Å². The average Bonchev–Trinajstić information content (AvgIpc) is 1.68. The molecule has 0 amide bonds. The SMILES string of the molecule is COC(C)CON. The smallest absolute Gasteiger partial charge is 0.0938 e. The molecule has 0 aromatic heterocycles. The molecule has 0 aliphatic carbocycles. The molecule has 0 aromatic rings. The zero-order valence-electron chi connectivity index (χ0n) is 4.68. The highest BCUT2D eigenvalue weighted by atomic mass is 16.6. The molecule has 0 spiro atoms. The van der Waals surface area contributed by atoms with Crippen LogP contribution in [0.1, 0.15) is 6.92 Å². The van der Waals surface area contributed by atoms with Gasteiger partial charge in [0.25, 0.3) is 0 Å². The van der Waals surface area contributed by atoms with Gasteiger partial charge in [0.15, 0.2) is 0 Å². The minimum Gasteiger partial charge on any atom is -0.379 e. The Morgan fingerprint density at radius 2 is 2.29 bits per heavy atom. The molecule has 0 heterocycles. The molecule has 0 fully saturated rings. The van der Waals surface area contributed by atoms with E-state index in [-0.39, 0.29) is 6.10 Å². The van der Waals surface area contributed by atoms with Crippen molar-refractivity contribution in [2.24, 2.45) is 5.90 Å². The van der Waals surface area contributed by atoms with Gasteiger partial charge in [0, 0.05) is 7.11 Å². The van der Waals surface area contributed by atoms with E-state index < -0.39 is 0 Å². The summed E-state index contributed by atoms with van der Waals surface area (Å²) in [7, 11) is 1.61. The average molecular weight is 105 g/mol. The van der Waals surface area contributed by atoms with Crippen molar-refractivity contribution in [1.29, 1.82) is 0 Å². The van der Waals surface area contributed by atoms with Crippen molar-refractivity contribution < 1.29 is 9.57 Å². The number of rotatable bonds is 3. The normalized spacial score (nSPS) is 14.1. The van der Waals surface area contributed by atoms with Gasteiger partial charge in [0.05, 0.1) is 12.7 Å². The maximum atomic E-state index is 4.79. The van der Waals surface area contributed by atoms with Crippen LogP contribution < -0.4 is 5.90 Å². The number of hydrogen-bond donors (Lipinski definition) is 1. The summed E-state index contributed by atoms with van der Waals surface area (Å²) in [6, 6.07) is 0. The summed E-state index contributed by atoms with van der Waals surface area (Å²) < 4.78 is 4.79. The molecule has 0 saturated carbocycles. The summed E-state index contributed by atoms with van der Waals surface area (Å²) in [5.41, 5.74) is 0. The molecular formula is C4H11NO2. The lowest BCUT2D eigenvalue weighted by atomic mass is 10.4. The molecule has 3 nitrogen and oxygen atoms in total. The Kier molecular flexibility index (Phi) is 3.98. The fourth-order valence-electron chi connectivity index (χ4n) is 0.204. The maximum absolute atomic E-state index is 4.79. The molecule has 44 valence electrons.